The molecule has 1 nitrogen and oxygen atoms in total. The average molecular weight is 335 g/mol. The summed E-state index contributed by atoms with van der Waals surface area (Å²) >= 11 is 3.95. The maximum absolute atomic E-state index is 12.4. The molecule has 0 N–H and O–H groups in total. The standard InChI is InChI=1S/C6H2ClF11O/c7-2(8,9)1-19-6(17,18)4(12,13)3(10,11)5(14,15)16/h1H2. The molecule has 0 saturated heterocycles. The molecule has 0 fully saturated rings. The summed E-state index contributed by atoms with van der Waals surface area (Å²) < 4.78 is 135. The minimum atomic E-state index is -7.20. The van der Waals surface area contributed by atoms with Gasteiger partial charge in [-0.05, 0) is 11.6 Å². The van der Waals surface area contributed by atoms with Crippen LogP contribution in [0.2, 0.25) is 0 Å². The first-order valence-electron chi connectivity index (χ1n) is 3.86. The fourth-order valence-corrected chi connectivity index (χ4v) is 0.678. The van der Waals surface area contributed by atoms with Crippen LogP contribution in [0, 0.1) is 0 Å². The Hall–Kier alpha value is -0.520. The van der Waals surface area contributed by atoms with E-state index in [0.29, 0.717) is 0 Å². The normalized spacial score (nSPS) is 15.8. The number of halogens is 12. The van der Waals surface area contributed by atoms with E-state index < -0.39 is 36.1 Å². The molecule has 19 heavy (non-hydrogen) atoms. The van der Waals surface area contributed by atoms with Gasteiger partial charge in [0.25, 0.3) is 0 Å². The monoisotopic (exact) mass is 334 g/mol. The van der Waals surface area contributed by atoms with Crippen LogP contribution in [0.3, 0.4) is 0 Å². The molecule has 0 bridgehead atoms. The maximum Gasteiger partial charge on any atom is 0.460 e. The van der Waals surface area contributed by atoms with E-state index in [4.69, 9.17) is 0 Å². The van der Waals surface area contributed by atoms with E-state index in [1.807, 2.05) is 0 Å². The molecule has 0 aromatic heterocycles. The zero-order valence-corrected chi connectivity index (χ0v) is 8.91. The van der Waals surface area contributed by atoms with Gasteiger partial charge < -0.3 is 4.74 Å². The zero-order valence-electron chi connectivity index (χ0n) is 8.15. The fraction of sp³-hybridized carbons (Fsp3) is 1.00. The fourth-order valence-electron chi connectivity index (χ4n) is 0.624. The van der Waals surface area contributed by atoms with Gasteiger partial charge in [0.2, 0.25) is 0 Å². The lowest BCUT2D eigenvalue weighted by molar-refractivity contribution is -0.446. The predicted octanol–water partition coefficient (Wildman–Crippen LogP) is 4.26. The van der Waals surface area contributed by atoms with Crippen LogP contribution in [0.5, 0.6) is 0 Å². The molecule has 0 rings (SSSR count). The Morgan fingerprint density at radius 3 is 1.32 bits per heavy atom. The molecule has 0 aliphatic carbocycles. The van der Waals surface area contributed by atoms with Gasteiger partial charge in [-0.3, -0.25) is 0 Å². The molecule has 0 spiro atoms. The quantitative estimate of drug-likeness (QED) is 0.539. The summed E-state index contributed by atoms with van der Waals surface area (Å²) in [7, 11) is 0. The summed E-state index contributed by atoms with van der Waals surface area (Å²) in [6, 6.07) is 0. The summed E-state index contributed by atoms with van der Waals surface area (Å²) in [5.41, 5.74) is 0. The molecule has 13 heteroatoms. The highest BCUT2D eigenvalue weighted by Crippen LogP contribution is 2.53. The second kappa shape index (κ2) is 4.79. The summed E-state index contributed by atoms with van der Waals surface area (Å²) in [5.74, 6) is -14.3. The van der Waals surface area contributed by atoms with Gasteiger partial charge in [0.05, 0.1) is 0 Å². The molecule has 0 aliphatic heterocycles. The molecule has 0 unspecified atom stereocenters. The Kier molecular flexibility index (Phi) is 4.66. The van der Waals surface area contributed by atoms with Crippen molar-refractivity contribution in [2.24, 2.45) is 0 Å². The van der Waals surface area contributed by atoms with Gasteiger partial charge in [-0.1, -0.05) is 0 Å². The predicted molar refractivity (Wildman–Crippen MR) is 37.6 cm³/mol. The summed E-state index contributed by atoms with van der Waals surface area (Å²) in [5, 5.41) is -4.66. The van der Waals surface area contributed by atoms with Crippen LogP contribution in [0.1, 0.15) is 0 Å². The van der Waals surface area contributed by atoms with Crippen molar-refractivity contribution in [1.29, 1.82) is 0 Å². The molecule has 0 aliphatic rings. The molecular formula is C6H2ClF11O. The number of hydrogen-bond donors (Lipinski definition) is 0. The van der Waals surface area contributed by atoms with E-state index in [-0.39, 0.29) is 0 Å². The van der Waals surface area contributed by atoms with Crippen molar-refractivity contribution in [1.82, 2.24) is 0 Å². The highest BCUT2D eigenvalue weighted by molar-refractivity contribution is 6.21. The summed E-state index contributed by atoms with van der Waals surface area (Å²) in [6.45, 7) is -2.70. The molecule has 0 amide bonds. The van der Waals surface area contributed by atoms with Crippen molar-refractivity contribution in [2.45, 2.75) is 29.5 Å². The van der Waals surface area contributed by atoms with Gasteiger partial charge in [0.15, 0.2) is 0 Å². The van der Waals surface area contributed by atoms with Gasteiger partial charge in [-0.2, -0.15) is 48.3 Å². The Labute approximate surface area is 102 Å². The Morgan fingerprint density at radius 1 is 0.684 bits per heavy atom. The maximum atomic E-state index is 12.4. The van der Waals surface area contributed by atoms with Crippen molar-refractivity contribution in [3.05, 3.63) is 0 Å². The third-order valence-corrected chi connectivity index (χ3v) is 1.64. The first-order valence-corrected chi connectivity index (χ1v) is 4.24. The van der Waals surface area contributed by atoms with Crippen LogP contribution in [0.15, 0.2) is 0 Å². The Morgan fingerprint density at radius 2 is 1.05 bits per heavy atom. The van der Waals surface area contributed by atoms with Crippen molar-refractivity contribution < 1.29 is 53.0 Å². The van der Waals surface area contributed by atoms with E-state index >= 15 is 0 Å². The van der Waals surface area contributed by atoms with Crippen molar-refractivity contribution in [3.63, 3.8) is 0 Å². The second-order valence-electron chi connectivity index (χ2n) is 3.07. The Bertz CT molecular complexity index is 316. The van der Waals surface area contributed by atoms with Crippen molar-refractivity contribution in [3.8, 4) is 0 Å². The Balaban J connectivity index is 5.28. The van der Waals surface area contributed by atoms with Crippen LogP contribution in [0.25, 0.3) is 0 Å². The van der Waals surface area contributed by atoms with Gasteiger partial charge in [0, 0.05) is 0 Å². The first-order chi connectivity index (χ1) is 7.96. The molecule has 0 heterocycles. The van der Waals surface area contributed by atoms with E-state index in [1.54, 1.807) is 0 Å². The average Bonchev–Trinajstić information content (AvgIpc) is 2.11. The second-order valence-corrected chi connectivity index (χ2v) is 3.62. The molecule has 0 radical (unpaired) electrons. The van der Waals surface area contributed by atoms with Crippen LogP contribution in [0.4, 0.5) is 48.3 Å². The van der Waals surface area contributed by atoms with Crippen molar-refractivity contribution >= 4 is 11.6 Å². The van der Waals surface area contributed by atoms with Gasteiger partial charge in [-0.25, -0.2) is 0 Å². The zero-order chi connectivity index (χ0) is 15.9. The molecule has 0 aromatic rings. The van der Waals surface area contributed by atoms with Gasteiger partial charge in [0.1, 0.15) is 6.61 Å². The van der Waals surface area contributed by atoms with E-state index in [9.17, 15) is 48.3 Å². The van der Waals surface area contributed by atoms with Crippen LogP contribution in [-0.2, 0) is 4.74 Å². The highest BCUT2D eigenvalue weighted by Gasteiger charge is 2.83. The lowest BCUT2D eigenvalue weighted by atomic mass is 10.1. The lowest BCUT2D eigenvalue weighted by Gasteiger charge is -2.33. The number of rotatable bonds is 5. The van der Waals surface area contributed by atoms with Gasteiger partial charge in [-0.15, -0.1) is 0 Å². The third kappa shape index (κ3) is 3.74. The lowest BCUT2D eigenvalue weighted by Crippen LogP contribution is -2.62. The smallest absolute Gasteiger partial charge is 0.308 e. The molecule has 0 saturated carbocycles. The topological polar surface area (TPSA) is 9.23 Å². The number of alkyl halides is 12. The number of ether oxygens (including phenoxy) is 1. The third-order valence-electron chi connectivity index (χ3n) is 1.53. The van der Waals surface area contributed by atoms with Crippen molar-refractivity contribution in [2.75, 3.05) is 6.61 Å². The first kappa shape index (κ1) is 18.5. The molecular weight excluding hydrogens is 332 g/mol. The van der Waals surface area contributed by atoms with Gasteiger partial charge >= 0.3 is 29.5 Å². The number of hydrogen-bond acceptors (Lipinski definition) is 1. The SMILES string of the molecule is FC(F)(Cl)COC(F)(F)C(F)(F)C(F)(F)C(F)(F)F. The van der Waals surface area contributed by atoms with E-state index in [2.05, 4.69) is 16.3 Å². The van der Waals surface area contributed by atoms with E-state index in [0.717, 1.165) is 0 Å². The molecule has 116 valence electrons. The molecule has 0 aromatic carbocycles. The largest absolute Gasteiger partial charge is 0.460 e. The minimum Gasteiger partial charge on any atom is -0.308 e. The van der Waals surface area contributed by atoms with Crippen LogP contribution in [-0.4, -0.2) is 36.1 Å². The summed E-state index contributed by atoms with van der Waals surface area (Å²) in [6.07, 6.45) is -13.6. The summed E-state index contributed by atoms with van der Waals surface area (Å²) in [4.78, 5) is 0. The van der Waals surface area contributed by atoms with Crippen LogP contribution < -0.4 is 0 Å². The molecule has 0 atom stereocenters. The highest BCUT2D eigenvalue weighted by atomic mass is 35.5. The van der Waals surface area contributed by atoms with E-state index in [1.165, 1.54) is 0 Å². The van der Waals surface area contributed by atoms with Crippen LogP contribution >= 0.6 is 11.6 Å². The minimum absolute atomic E-state index is 2.39.